The van der Waals surface area contributed by atoms with Crippen LogP contribution >= 0.6 is 15.9 Å². The van der Waals surface area contributed by atoms with E-state index in [0.717, 1.165) is 0 Å². The summed E-state index contributed by atoms with van der Waals surface area (Å²) in [5, 5.41) is 3.86. The van der Waals surface area contributed by atoms with E-state index in [1.807, 2.05) is 6.07 Å². The molecule has 2 heterocycles. The van der Waals surface area contributed by atoms with Gasteiger partial charge in [0.15, 0.2) is 11.5 Å². The second kappa shape index (κ2) is 5.79. The molecule has 2 rings (SSSR count). The van der Waals surface area contributed by atoms with Gasteiger partial charge in [-0.25, -0.2) is 4.98 Å². The van der Waals surface area contributed by atoms with Gasteiger partial charge >= 0.3 is 0 Å². The van der Waals surface area contributed by atoms with Crippen LogP contribution < -0.4 is 4.74 Å². The normalized spacial score (nSPS) is 10.5. The molecule has 90 valence electrons. The fraction of sp³-hybridized carbons (Fsp3) is 0.273. The van der Waals surface area contributed by atoms with E-state index in [2.05, 4.69) is 26.1 Å². The van der Waals surface area contributed by atoms with Crippen LogP contribution in [-0.2, 0) is 18.0 Å². The van der Waals surface area contributed by atoms with Crippen LogP contribution in [0, 0.1) is 0 Å². The van der Waals surface area contributed by atoms with Gasteiger partial charge in [0.2, 0.25) is 0 Å². The Morgan fingerprint density at radius 3 is 3.06 bits per heavy atom. The molecule has 6 heteroatoms. The van der Waals surface area contributed by atoms with E-state index in [9.17, 15) is 0 Å². The molecule has 2 aromatic rings. The summed E-state index contributed by atoms with van der Waals surface area (Å²) in [7, 11) is 1.60. The lowest BCUT2D eigenvalue weighted by Crippen LogP contribution is -1.96. The SMILES string of the molecule is COCc1cc(COc2cccnc2Br)no1. The van der Waals surface area contributed by atoms with E-state index in [1.165, 1.54) is 0 Å². The van der Waals surface area contributed by atoms with Crippen molar-refractivity contribution in [1.29, 1.82) is 0 Å². The van der Waals surface area contributed by atoms with Gasteiger partial charge in [0.1, 0.15) is 23.5 Å². The number of pyridine rings is 1. The third-order valence-electron chi connectivity index (χ3n) is 1.99. The number of halogens is 1. The predicted octanol–water partition coefficient (Wildman–Crippen LogP) is 2.56. The summed E-state index contributed by atoms with van der Waals surface area (Å²) in [6, 6.07) is 5.43. The van der Waals surface area contributed by atoms with Gasteiger partial charge in [-0.05, 0) is 28.1 Å². The van der Waals surface area contributed by atoms with Gasteiger partial charge in [-0.15, -0.1) is 0 Å². The maximum absolute atomic E-state index is 5.54. The Morgan fingerprint density at radius 2 is 2.29 bits per heavy atom. The zero-order chi connectivity index (χ0) is 12.1. The fourth-order valence-electron chi connectivity index (χ4n) is 1.26. The molecule has 0 N–H and O–H groups in total. The second-order valence-corrected chi connectivity index (χ2v) is 4.05. The van der Waals surface area contributed by atoms with Crippen molar-refractivity contribution in [3.8, 4) is 5.75 Å². The number of nitrogens with zero attached hydrogens (tertiary/aromatic N) is 2. The van der Waals surface area contributed by atoms with E-state index in [0.29, 0.717) is 35.0 Å². The number of hydrogen-bond acceptors (Lipinski definition) is 5. The summed E-state index contributed by atoms with van der Waals surface area (Å²) >= 11 is 3.30. The number of hydrogen-bond donors (Lipinski definition) is 0. The fourth-order valence-corrected chi connectivity index (χ4v) is 1.63. The van der Waals surface area contributed by atoms with Crippen molar-refractivity contribution in [2.75, 3.05) is 7.11 Å². The van der Waals surface area contributed by atoms with Crippen LogP contribution in [0.25, 0.3) is 0 Å². The van der Waals surface area contributed by atoms with Gasteiger partial charge in [0.25, 0.3) is 0 Å². The van der Waals surface area contributed by atoms with Crippen LogP contribution in [0.5, 0.6) is 5.75 Å². The van der Waals surface area contributed by atoms with Gasteiger partial charge < -0.3 is 14.0 Å². The first-order valence-corrected chi connectivity index (χ1v) is 5.75. The van der Waals surface area contributed by atoms with Gasteiger partial charge in [0.05, 0.1) is 0 Å². The smallest absolute Gasteiger partial charge is 0.162 e. The third-order valence-corrected chi connectivity index (χ3v) is 2.59. The average Bonchev–Trinajstić information content (AvgIpc) is 2.76. The first-order chi connectivity index (χ1) is 8.29. The second-order valence-electron chi connectivity index (χ2n) is 3.30. The largest absolute Gasteiger partial charge is 0.484 e. The topological polar surface area (TPSA) is 57.4 Å². The summed E-state index contributed by atoms with van der Waals surface area (Å²) in [4.78, 5) is 4.05. The van der Waals surface area contributed by atoms with Gasteiger partial charge in [-0.3, -0.25) is 0 Å². The van der Waals surface area contributed by atoms with Crippen LogP contribution in [0.2, 0.25) is 0 Å². The van der Waals surface area contributed by atoms with Crippen molar-refractivity contribution in [2.45, 2.75) is 13.2 Å². The van der Waals surface area contributed by atoms with E-state index < -0.39 is 0 Å². The first-order valence-electron chi connectivity index (χ1n) is 4.96. The van der Waals surface area contributed by atoms with Crippen LogP contribution in [0.1, 0.15) is 11.5 Å². The van der Waals surface area contributed by atoms with E-state index in [4.69, 9.17) is 14.0 Å². The van der Waals surface area contributed by atoms with Crippen molar-refractivity contribution in [2.24, 2.45) is 0 Å². The standard InChI is InChI=1S/C11H11BrN2O3/c1-15-7-9-5-8(14-17-9)6-16-10-3-2-4-13-11(10)12/h2-5H,6-7H2,1H3. The Hall–Kier alpha value is -1.40. The third kappa shape index (κ3) is 3.28. The van der Waals surface area contributed by atoms with Gasteiger partial charge in [-0.1, -0.05) is 5.16 Å². The van der Waals surface area contributed by atoms with E-state index in [-0.39, 0.29) is 0 Å². The van der Waals surface area contributed by atoms with Crippen LogP contribution in [0.15, 0.2) is 33.5 Å². The molecule has 0 aromatic carbocycles. The molecule has 2 aromatic heterocycles. The Bertz CT molecular complexity index is 487. The molecule has 17 heavy (non-hydrogen) atoms. The number of rotatable bonds is 5. The highest BCUT2D eigenvalue weighted by atomic mass is 79.9. The highest BCUT2D eigenvalue weighted by Crippen LogP contribution is 2.22. The molecule has 0 unspecified atom stereocenters. The molecule has 0 amide bonds. The molecular weight excluding hydrogens is 288 g/mol. The molecule has 0 bridgehead atoms. The van der Waals surface area contributed by atoms with Crippen molar-refractivity contribution in [3.05, 3.63) is 40.5 Å². The number of methoxy groups -OCH3 is 1. The van der Waals surface area contributed by atoms with Crippen molar-refractivity contribution >= 4 is 15.9 Å². The lowest BCUT2D eigenvalue weighted by molar-refractivity contribution is 0.155. The average molecular weight is 299 g/mol. The quantitative estimate of drug-likeness (QED) is 0.794. The zero-order valence-corrected chi connectivity index (χ0v) is 10.8. The molecule has 0 aliphatic carbocycles. The maximum atomic E-state index is 5.54. The molecular formula is C11H11BrN2O3. The molecule has 0 saturated carbocycles. The monoisotopic (exact) mass is 298 g/mol. The minimum absolute atomic E-state index is 0.331. The van der Waals surface area contributed by atoms with Crippen LogP contribution in [0.4, 0.5) is 0 Å². The minimum Gasteiger partial charge on any atom is -0.484 e. The number of ether oxygens (including phenoxy) is 2. The highest BCUT2D eigenvalue weighted by molar-refractivity contribution is 9.10. The molecule has 0 atom stereocenters. The van der Waals surface area contributed by atoms with Crippen molar-refractivity contribution in [1.82, 2.24) is 10.1 Å². The zero-order valence-electron chi connectivity index (χ0n) is 9.22. The summed E-state index contributed by atoms with van der Waals surface area (Å²) in [5.74, 6) is 1.35. The van der Waals surface area contributed by atoms with E-state index in [1.54, 1.807) is 25.4 Å². The van der Waals surface area contributed by atoms with E-state index >= 15 is 0 Å². The summed E-state index contributed by atoms with van der Waals surface area (Å²) in [6.07, 6.45) is 1.68. The molecule has 0 aliphatic rings. The van der Waals surface area contributed by atoms with Gasteiger partial charge in [-0.2, -0.15) is 0 Å². The lowest BCUT2D eigenvalue weighted by atomic mass is 10.4. The summed E-state index contributed by atoms with van der Waals surface area (Å²) in [6.45, 7) is 0.737. The molecule has 0 fully saturated rings. The number of aromatic nitrogens is 2. The molecule has 0 radical (unpaired) electrons. The van der Waals surface area contributed by atoms with Crippen LogP contribution in [0.3, 0.4) is 0 Å². The molecule has 0 saturated heterocycles. The summed E-state index contributed by atoms with van der Waals surface area (Å²) < 4.78 is 16.2. The van der Waals surface area contributed by atoms with Gasteiger partial charge in [0, 0.05) is 19.4 Å². The Morgan fingerprint density at radius 1 is 1.41 bits per heavy atom. The molecule has 0 spiro atoms. The van der Waals surface area contributed by atoms with Crippen molar-refractivity contribution in [3.63, 3.8) is 0 Å². The molecule has 0 aliphatic heterocycles. The molecule has 5 nitrogen and oxygen atoms in total. The Balaban J connectivity index is 1.95. The highest BCUT2D eigenvalue weighted by Gasteiger charge is 2.06. The predicted molar refractivity (Wildman–Crippen MR) is 63.5 cm³/mol. The van der Waals surface area contributed by atoms with Crippen molar-refractivity contribution < 1.29 is 14.0 Å². The summed E-state index contributed by atoms with van der Waals surface area (Å²) in [5.41, 5.74) is 0.716. The lowest BCUT2D eigenvalue weighted by Gasteiger charge is -2.04. The van der Waals surface area contributed by atoms with Crippen LogP contribution in [-0.4, -0.2) is 17.3 Å². The first kappa shape index (κ1) is 12.1. The Kier molecular flexibility index (Phi) is 4.11. The minimum atomic E-state index is 0.331. The Labute approximate surface area is 107 Å². The maximum Gasteiger partial charge on any atom is 0.162 e.